The van der Waals surface area contributed by atoms with Gasteiger partial charge >= 0.3 is 6.03 Å². The van der Waals surface area contributed by atoms with Crippen LogP contribution in [-0.4, -0.2) is 85.3 Å². The summed E-state index contributed by atoms with van der Waals surface area (Å²) in [6, 6.07) is 5.27. The van der Waals surface area contributed by atoms with Gasteiger partial charge in [-0.15, -0.1) is 6.58 Å². The lowest BCUT2D eigenvalue weighted by molar-refractivity contribution is -0.254. The van der Waals surface area contributed by atoms with Crippen LogP contribution in [0.25, 0.3) is 0 Å². The van der Waals surface area contributed by atoms with Crippen LogP contribution >= 0.6 is 0 Å². The molecule has 1 aromatic rings. The van der Waals surface area contributed by atoms with Crippen LogP contribution in [0.1, 0.15) is 83.1 Å². The molecule has 2 amide bonds. The SMILES string of the molecule is C=CCOc1ccc2c(c1)C1C(CCCCO)C(CCCCO)C=C3C(=NOC)CC(N(CCC)C(=O)NCCC)C(OCC=C)(O2)C31. The van der Waals surface area contributed by atoms with E-state index >= 15 is 0 Å². The van der Waals surface area contributed by atoms with Gasteiger partial charge in [0, 0.05) is 44.2 Å². The van der Waals surface area contributed by atoms with Gasteiger partial charge in [0.05, 0.1) is 18.2 Å². The second kappa shape index (κ2) is 18.4. The normalized spacial score (nSPS) is 26.4. The Morgan fingerprint density at radius 3 is 2.52 bits per heavy atom. The molecule has 48 heavy (non-hydrogen) atoms. The highest BCUT2D eigenvalue weighted by molar-refractivity contribution is 6.03. The van der Waals surface area contributed by atoms with Crippen molar-refractivity contribution in [2.45, 2.75) is 89.4 Å². The molecule has 0 spiro atoms. The molecule has 3 N–H and O–H groups in total. The van der Waals surface area contributed by atoms with Crippen LogP contribution in [0.4, 0.5) is 4.79 Å². The number of amides is 2. The van der Waals surface area contributed by atoms with Crippen molar-refractivity contribution in [2.75, 3.05) is 46.6 Å². The maximum Gasteiger partial charge on any atom is 0.317 e. The van der Waals surface area contributed by atoms with E-state index in [0.29, 0.717) is 38.3 Å². The van der Waals surface area contributed by atoms with Crippen LogP contribution in [0, 0.1) is 17.8 Å². The molecule has 0 aromatic heterocycles. The fourth-order valence-electron chi connectivity index (χ4n) is 7.98. The van der Waals surface area contributed by atoms with Gasteiger partial charge in [0.2, 0.25) is 5.79 Å². The highest BCUT2D eigenvalue weighted by Crippen LogP contribution is 2.61. The highest BCUT2D eigenvalue weighted by Gasteiger charge is 2.65. The standard InChI is InChI=1S/C38H57N3O7/c1-6-18-39-37(44)41(19-7-2)34-26-32(40-45-5)30-24-27(14-10-12-20-42)29(15-11-13-21-43)35-31-25-28(46-22-8-3)16-17-33(31)48-38(34,36(30)35)47-23-9-4/h8-9,16-17,24-25,27,29,34-36,42-43H,3-4,6-7,10-15,18-23,26H2,1-2,5H3,(H,39,44). The maximum atomic E-state index is 14.0. The summed E-state index contributed by atoms with van der Waals surface area (Å²) >= 11 is 0. The Balaban J connectivity index is 2.01. The fraction of sp³-hybridized carbons (Fsp3) is 0.632. The molecule has 1 aromatic carbocycles. The summed E-state index contributed by atoms with van der Waals surface area (Å²) in [5.41, 5.74) is 2.83. The lowest BCUT2D eigenvalue weighted by Gasteiger charge is -2.60. The number of carbonyl (C=O) groups excluding carboxylic acids is 1. The lowest BCUT2D eigenvalue weighted by atomic mass is 9.55. The molecular weight excluding hydrogens is 610 g/mol. The Kier molecular flexibility index (Phi) is 14.4. The molecule has 6 atom stereocenters. The third-order valence-electron chi connectivity index (χ3n) is 9.84. The maximum absolute atomic E-state index is 14.0. The van der Waals surface area contributed by atoms with E-state index in [1.165, 1.54) is 0 Å². The number of benzene rings is 1. The molecule has 1 fully saturated rings. The first-order chi connectivity index (χ1) is 23.4. The molecule has 3 aliphatic rings. The van der Waals surface area contributed by atoms with Crippen LogP contribution < -0.4 is 14.8 Å². The van der Waals surface area contributed by atoms with E-state index in [2.05, 4.69) is 42.7 Å². The van der Waals surface area contributed by atoms with Crippen LogP contribution in [0.5, 0.6) is 11.5 Å². The van der Waals surface area contributed by atoms with Gasteiger partial charge < -0.3 is 39.5 Å². The van der Waals surface area contributed by atoms with E-state index in [-0.39, 0.29) is 49.5 Å². The number of oxime groups is 1. The zero-order chi connectivity index (χ0) is 34.5. The fourth-order valence-corrected chi connectivity index (χ4v) is 7.98. The van der Waals surface area contributed by atoms with Crippen LogP contribution in [0.3, 0.4) is 0 Å². The molecule has 10 nitrogen and oxygen atoms in total. The summed E-state index contributed by atoms with van der Waals surface area (Å²) in [6.45, 7) is 13.8. The molecule has 0 radical (unpaired) electrons. The molecule has 1 saturated carbocycles. The number of ether oxygens (including phenoxy) is 3. The van der Waals surface area contributed by atoms with Gasteiger partial charge in [-0.3, -0.25) is 0 Å². The number of hydrogen-bond donors (Lipinski definition) is 3. The predicted molar refractivity (Wildman–Crippen MR) is 188 cm³/mol. The number of allylic oxidation sites excluding steroid dienone is 1. The third kappa shape index (κ3) is 8.09. The Morgan fingerprint density at radius 1 is 1.10 bits per heavy atom. The van der Waals surface area contributed by atoms with E-state index in [9.17, 15) is 15.0 Å². The third-order valence-corrected chi connectivity index (χ3v) is 9.84. The second-order valence-corrected chi connectivity index (χ2v) is 13.0. The number of fused-ring (bicyclic) bond motifs is 2. The van der Waals surface area contributed by atoms with E-state index in [0.717, 1.165) is 67.5 Å². The van der Waals surface area contributed by atoms with Gasteiger partial charge in [0.25, 0.3) is 0 Å². The molecule has 10 heteroatoms. The van der Waals surface area contributed by atoms with Crippen molar-refractivity contribution in [2.24, 2.45) is 22.9 Å². The van der Waals surface area contributed by atoms with Crippen LogP contribution in [-0.2, 0) is 9.57 Å². The Labute approximate surface area is 286 Å². The number of urea groups is 1. The van der Waals surface area contributed by atoms with Gasteiger partial charge in [-0.1, -0.05) is 56.7 Å². The molecule has 0 saturated heterocycles. The summed E-state index contributed by atoms with van der Waals surface area (Å²) in [5.74, 6) is 0.0849. The number of rotatable bonds is 20. The average Bonchev–Trinajstić information content (AvgIpc) is 3.09. The molecule has 1 heterocycles. The first-order valence-corrected chi connectivity index (χ1v) is 17.8. The number of unbranched alkanes of at least 4 members (excludes halogenated alkanes) is 2. The van der Waals surface area contributed by atoms with Gasteiger partial charge in [-0.25, -0.2) is 4.79 Å². The van der Waals surface area contributed by atoms with Crippen molar-refractivity contribution in [3.8, 4) is 11.5 Å². The second-order valence-electron chi connectivity index (χ2n) is 13.0. The summed E-state index contributed by atoms with van der Waals surface area (Å²) in [4.78, 5) is 21.3. The molecule has 4 rings (SSSR count). The Bertz CT molecular complexity index is 1280. The highest BCUT2D eigenvalue weighted by atomic mass is 16.7. The number of nitrogens with zero attached hydrogens (tertiary/aromatic N) is 2. The van der Waals surface area contributed by atoms with Gasteiger partial charge in [-0.2, -0.15) is 0 Å². The van der Waals surface area contributed by atoms with Crippen molar-refractivity contribution in [1.82, 2.24) is 10.2 Å². The minimum absolute atomic E-state index is 0.0873. The summed E-state index contributed by atoms with van der Waals surface area (Å²) < 4.78 is 20.1. The minimum Gasteiger partial charge on any atom is -0.490 e. The average molecular weight is 668 g/mol. The smallest absolute Gasteiger partial charge is 0.317 e. The van der Waals surface area contributed by atoms with Crippen molar-refractivity contribution < 1.29 is 34.1 Å². The molecular formula is C38H57N3O7. The van der Waals surface area contributed by atoms with Gasteiger partial charge in [0.1, 0.15) is 31.3 Å². The zero-order valence-electron chi connectivity index (χ0n) is 29.2. The zero-order valence-corrected chi connectivity index (χ0v) is 29.2. The van der Waals surface area contributed by atoms with Crippen molar-refractivity contribution >= 4 is 11.7 Å². The molecule has 1 aliphatic heterocycles. The van der Waals surface area contributed by atoms with E-state index in [1.807, 2.05) is 24.0 Å². The molecule has 6 unspecified atom stereocenters. The van der Waals surface area contributed by atoms with Crippen LogP contribution in [0.15, 0.2) is 60.3 Å². The minimum atomic E-state index is -1.25. The summed E-state index contributed by atoms with van der Waals surface area (Å²) in [5, 5.41) is 27.2. The first kappa shape index (κ1) is 37.5. The van der Waals surface area contributed by atoms with Crippen LogP contribution in [0.2, 0.25) is 0 Å². The predicted octanol–water partition coefficient (Wildman–Crippen LogP) is 6.35. The molecule has 2 aliphatic carbocycles. The first-order valence-electron chi connectivity index (χ1n) is 17.8. The van der Waals surface area contributed by atoms with E-state index < -0.39 is 11.8 Å². The monoisotopic (exact) mass is 667 g/mol. The summed E-state index contributed by atoms with van der Waals surface area (Å²) in [7, 11) is 1.56. The van der Waals surface area contributed by atoms with Crippen molar-refractivity contribution in [1.29, 1.82) is 0 Å². The largest absolute Gasteiger partial charge is 0.490 e. The molecule has 0 bridgehead atoms. The van der Waals surface area contributed by atoms with E-state index in [1.54, 1.807) is 19.3 Å². The number of nitrogens with one attached hydrogen (secondary N) is 1. The van der Waals surface area contributed by atoms with Gasteiger partial charge in [-0.05, 0) is 74.1 Å². The summed E-state index contributed by atoms with van der Waals surface area (Å²) in [6.07, 6.45) is 12.7. The Hall–Kier alpha value is -3.34. The van der Waals surface area contributed by atoms with Crippen molar-refractivity contribution in [3.63, 3.8) is 0 Å². The number of carbonyl (C=O) groups is 1. The topological polar surface area (TPSA) is 122 Å². The van der Waals surface area contributed by atoms with Crippen molar-refractivity contribution in [3.05, 3.63) is 60.7 Å². The van der Waals surface area contributed by atoms with E-state index in [4.69, 9.17) is 19.0 Å². The molecule has 266 valence electrons. The Morgan fingerprint density at radius 2 is 1.85 bits per heavy atom. The quantitative estimate of drug-likeness (QED) is 0.0842. The van der Waals surface area contributed by atoms with Gasteiger partial charge in [0.15, 0.2) is 0 Å². The number of hydrogen-bond acceptors (Lipinski definition) is 8. The number of aliphatic hydroxyl groups is 2. The number of aliphatic hydroxyl groups excluding tert-OH is 2. The lowest BCUT2D eigenvalue weighted by Crippen LogP contribution is -2.70.